The lowest BCUT2D eigenvalue weighted by Crippen LogP contribution is -2.48. The first-order valence-electron chi connectivity index (χ1n) is 7.66. The van der Waals surface area contributed by atoms with Crippen LogP contribution in [0.2, 0.25) is 0 Å². The molecule has 116 valence electrons. The van der Waals surface area contributed by atoms with E-state index in [1.165, 1.54) is 0 Å². The van der Waals surface area contributed by atoms with Crippen molar-refractivity contribution in [3.63, 3.8) is 0 Å². The molecule has 0 aromatic heterocycles. The monoisotopic (exact) mass is 291 g/mol. The molecule has 1 heterocycles. The second kappa shape index (κ2) is 8.00. The quantitative estimate of drug-likeness (QED) is 0.741. The number of carbonyl (C=O) groups is 1. The Kier molecular flexibility index (Phi) is 6.02. The number of piperidine rings is 1. The summed E-state index contributed by atoms with van der Waals surface area (Å²) in [4.78, 5) is 13.6. The molecule has 4 N–H and O–H groups in total. The summed E-state index contributed by atoms with van der Waals surface area (Å²) in [6, 6.07) is 7.74. The molecule has 1 aliphatic rings. The van der Waals surface area contributed by atoms with Gasteiger partial charge in [-0.25, -0.2) is 0 Å². The van der Waals surface area contributed by atoms with Crippen molar-refractivity contribution in [2.45, 2.75) is 38.3 Å². The van der Waals surface area contributed by atoms with Gasteiger partial charge in [0.1, 0.15) is 5.75 Å². The summed E-state index contributed by atoms with van der Waals surface area (Å²) in [6.07, 6.45) is 4.00. The van der Waals surface area contributed by atoms with E-state index in [0.29, 0.717) is 13.2 Å². The zero-order valence-electron chi connectivity index (χ0n) is 12.5. The van der Waals surface area contributed by atoms with Gasteiger partial charge in [-0.15, -0.1) is 0 Å². The molecule has 1 aromatic carbocycles. The Morgan fingerprint density at radius 1 is 1.38 bits per heavy atom. The largest absolute Gasteiger partial charge is 0.494 e. The normalized spacial score (nSPS) is 19.4. The van der Waals surface area contributed by atoms with Gasteiger partial charge in [-0.1, -0.05) is 18.6 Å². The van der Waals surface area contributed by atoms with Gasteiger partial charge in [0, 0.05) is 13.1 Å². The summed E-state index contributed by atoms with van der Waals surface area (Å²) in [5, 5.41) is 0. The summed E-state index contributed by atoms with van der Waals surface area (Å²) < 4.78 is 5.74. The maximum Gasteiger partial charge on any atom is 0.234 e. The fourth-order valence-electron chi connectivity index (χ4n) is 2.80. The maximum absolute atomic E-state index is 11.4. The zero-order chi connectivity index (χ0) is 15.1. The molecule has 5 nitrogen and oxygen atoms in total. The fraction of sp³-hybridized carbons (Fsp3) is 0.562. The van der Waals surface area contributed by atoms with Crippen molar-refractivity contribution in [2.24, 2.45) is 11.5 Å². The van der Waals surface area contributed by atoms with Crippen LogP contribution in [0.4, 0.5) is 0 Å². The third kappa shape index (κ3) is 4.72. The number of carbonyl (C=O) groups excluding carboxylic acids is 1. The molecular formula is C16H25N3O2. The summed E-state index contributed by atoms with van der Waals surface area (Å²) in [7, 11) is 0. The minimum Gasteiger partial charge on any atom is -0.494 e. The van der Waals surface area contributed by atoms with Crippen LogP contribution >= 0.6 is 0 Å². The molecule has 1 atom stereocenters. The van der Waals surface area contributed by atoms with E-state index in [4.69, 9.17) is 16.2 Å². The lowest BCUT2D eigenvalue weighted by atomic mass is 10.0. The standard InChI is InChI=1S/C16H25N3O2/c17-12-13-5-3-6-14(11-13)21-10-4-9-19-8-2-1-7-15(19)16(18)20/h3,5-6,11,15H,1-2,4,7-10,12,17H2,(H2,18,20). The van der Waals surface area contributed by atoms with Gasteiger partial charge in [-0.2, -0.15) is 0 Å². The highest BCUT2D eigenvalue weighted by atomic mass is 16.5. The highest BCUT2D eigenvalue weighted by molar-refractivity contribution is 5.79. The predicted octanol–water partition coefficient (Wildman–Crippen LogP) is 1.25. The van der Waals surface area contributed by atoms with Crippen LogP contribution in [-0.4, -0.2) is 36.5 Å². The molecule has 0 radical (unpaired) electrons. The first-order chi connectivity index (χ1) is 10.2. The predicted molar refractivity (Wildman–Crippen MR) is 82.9 cm³/mol. The molecular weight excluding hydrogens is 266 g/mol. The van der Waals surface area contributed by atoms with Crippen LogP contribution in [0.15, 0.2) is 24.3 Å². The number of amides is 1. The number of rotatable bonds is 7. The molecule has 5 heteroatoms. The highest BCUT2D eigenvalue weighted by Gasteiger charge is 2.26. The fourth-order valence-corrected chi connectivity index (χ4v) is 2.80. The van der Waals surface area contributed by atoms with Crippen LogP contribution in [0.3, 0.4) is 0 Å². The Bertz CT molecular complexity index is 465. The van der Waals surface area contributed by atoms with E-state index in [2.05, 4.69) is 4.90 Å². The molecule has 0 spiro atoms. The summed E-state index contributed by atoms with van der Waals surface area (Å²) in [5.41, 5.74) is 12.1. The van der Waals surface area contributed by atoms with E-state index in [-0.39, 0.29) is 11.9 Å². The van der Waals surface area contributed by atoms with Crippen LogP contribution in [0, 0.1) is 0 Å². The van der Waals surface area contributed by atoms with Crippen LogP contribution < -0.4 is 16.2 Å². The molecule has 2 rings (SSSR count). The molecule has 21 heavy (non-hydrogen) atoms. The number of ether oxygens (including phenoxy) is 1. The Morgan fingerprint density at radius 3 is 3.00 bits per heavy atom. The first kappa shape index (κ1) is 15.8. The maximum atomic E-state index is 11.4. The minimum absolute atomic E-state index is 0.0979. The van der Waals surface area contributed by atoms with Gasteiger partial charge in [-0.3, -0.25) is 9.69 Å². The summed E-state index contributed by atoms with van der Waals surface area (Å²) in [5.74, 6) is 0.648. The van der Waals surface area contributed by atoms with E-state index >= 15 is 0 Å². The van der Waals surface area contributed by atoms with Crippen LogP contribution in [-0.2, 0) is 11.3 Å². The average Bonchev–Trinajstić information content (AvgIpc) is 2.52. The van der Waals surface area contributed by atoms with Crippen molar-refractivity contribution in [2.75, 3.05) is 19.7 Å². The van der Waals surface area contributed by atoms with Crippen molar-refractivity contribution in [1.29, 1.82) is 0 Å². The highest BCUT2D eigenvalue weighted by Crippen LogP contribution is 2.17. The van der Waals surface area contributed by atoms with Crippen LogP contribution in [0.1, 0.15) is 31.2 Å². The average molecular weight is 291 g/mol. The van der Waals surface area contributed by atoms with Gasteiger partial charge >= 0.3 is 0 Å². The number of hydrogen-bond donors (Lipinski definition) is 2. The number of nitrogens with two attached hydrogens (primary N) is 2. The third-order valence-electron chi connectivity index (χ3n) is 3.93. The second-order valence-electron chi connectivity index (χ2n) is 5.50. The van der Waals surface area contributed by atoms with Crippen LogP contribution in [0.5, 0.6) is 5.75 Å². The molecule has 1 unspecified atom stereocenters. The van der Waals surface area contributed by atoms with Gasteiger partial charge in [-0.05, 0) is 43.5 Å². The molecule has 1 saturated heterocycles. The van der Waals surface area contributed by atoms with Crippen molar-refractivity contribution in [3.8, 4) is 5.75 Å². The van der Waals surface area contributed by atoms with Crippen molar-refractivity contribution >= 4 is 5.91 Å². The lowest BCUT2D eigenvalue weighted by Gasteiger charge is -2.33. The van der Waals surface area contributed by atoms with Gasteiger partial charge in [0.2, 0.25) is 5.91 Å². The van der Waals surface area contributed by atoms with E-state index in [1.54, 1.807) is 0 Å². The molecule has 1 amide bonds. The second-order valence-corrected chi connectivity index (χ2v) is 5.50. The van der Waals surface area contributed by atoms with Gasteiger partial charge < -0.3 is 16.2 Å². The Hall–Kier alpha value is -1.59. The molecule has 0 bridgehead atoms. The minimum atomic E-state index is -0.203. The third-order valence-corrected chi connectivity index (χ3v) is 3.93. The van der Waals surface area contributed by atoms with E-state index < -0.39 is 0 Å². The SMILES string of the molecule is NCc1cccc(OCCCN2CCCCC2C(N)=O)c1. The number of benzene rings is 1. The van der Waals surface area contributed by atoms with E-state index in [1.807, 2.05) is 24.3 Å². The van der Waals surface area contributed by atoms with Gasteiger partial charge in [0.15, 0.2) is 0 Å². The lowest BCUT2D eigenvalue weighted by molar-refractivity contribution is -0.124. The Balaban J connectivity index is 1.74. The number of likely N-dealkylation sites (tertiary alicyclic amines) is 1. The molecule has 1 fully saturated rings. The van der Waals surface area contributed by atoms with Crippen molar-refractivity contribution in [3.05, 3.63) is 29.8 Å². The van der Waals surface area contributed by atoms with Crippen molar-refractivity contribution < 1.29 is 9.53 Å². The molecule has 1 aliphatic heterocycles. The Labute approximate surface area is 126 Å². The Morgan fingerprint density at radius 2 is 2.24 bits per heavy atom. The first-order valence-corrected chi connectivity index (χ1v) is 7.66. The van der Waals surface area contributed by atoms with Gasteiger partial charge in [0.25, 0.3) is 0 Å². The van der Waals surface area contributed by atoms with E-state index in [9.17, 15) is 4.79 Å². The smallest absolute Gasteiger partial charge is 0.234 e. The molecule has 1 aromatic rings. The van der Waals surface area contributed by atoms with E-state index in [0.717, 1.165) is 50.1 Å². The molecule has 0 saturated carbocycles. The summed E-state index contributed by atoms with van der Waals surface area (Å²) >= 11 is 0. The zero-order valence-corrected chi connectivity index (χ0v) is 12.5. The number of nitrogens with zero attached hydrogens (tertiary/aromatic N) is 1. The summed E-state index contributed by atoms with van der Waals surface area (Å²) in [6.45, 7) is 2.96. The molecule has 0 aliphatic carbocycles. The topological polar surface area (TPSA) is 81.6 Å². The van der Waals surface area contributed by atoms with Crippen LogP contribution in [0.25, 0.3) is 0 Å². The van der Waals surface area contributed by atoms with Crippen molar-refractivity contribution in [1.82, 2.24) is 4.90 Å². The van der Waals surface area contributed by atoms with Gasteiger partial charge in [0.05, 0.1) is 12.6 Å². The number of primary amides is 1. The number of hydrogen-bond acceptors (Lipinski definition) is 4.